The summed E-state index contributed by atoms with van der Waals surface area (Å²) in [6, 6.07) is 33.8. The number of hydrogen-bond acceptors (Lipinski definition) is 0. The van der Waals surface area contributed by atoms with Crippen LogP contribution in [0.3, 0.4) is 0 Å². The molecule has 0 radical (unpaired) electrons. The van der Waals surface area contributed by atoms with E-state index in [1.807, 2.05) is 0 Å². The minimum absolute atomic E-state index is 1.16. The van der Waals surface area contributed by atoms with Crippen LogP contribution in [0.25, 0.3) is 0 Å². The first-order chi connectivity index (χ1) is 11.8. The summed E-state index contributed by atoms with van der Waals surface area (Å²) >= 11 is 0. The van der Waals surface area contributed by atoms with Crippen molar-refractivity contribution in [3.8, 4) is 0 Å². The standard InChI is InChI=1S/C23H27P/c1-3-20-24(4-2,21-14-8-5-9-15-21,22-16-10-6-11-17-22)23-18-12-7-13-19-23/h5-19H,3-4,20H2,1-2H3. The molecule has 0 nitrogen and oxygen atoms in total. The van der Waals surface area contributed by atoms with Gasteiger partial charge in [0, 0.05) is 0 Å². The van der Waals surface area contributed by atoms with Crippen molar-refractivity contribution >= 4 is 22.5 Å². The molecule has 0 aliphatic heterocycles. The van der Waals surface area contributed by atoms with Gasteiger partial charge < -0.3 is 0 Å². The minimum atomic E-state index is -2.46. The van der Waals surface area contributed by atoms with E-state index >= 15 is 0 Å². The second-order valence-corrected chi connectivity index (χ2v) is 12.2. The maximum absolute atomic E-state index is 2.46. The van der Waals surface area contributed by atoms with Gasteiger partial charge in [-0.05, 0) is 0 Å². The molecule has 0 aliphatic carbocycles. The first kappa shape index (κ1) is 16.9. The molecule has 1 heteroatoms. The first-order valence-electron chi connectivity index (χ1n) is 8.95. The molecule has 0 atom stereocenters. The Hall–Kier alpha value is -1.91. The van der Waals surface area contributed by atoms with E-state index in [4.69, 9.17) is 0 Å². The van der Waals surface area contributed by atoms with Gasteiger partial charge >= 0.3 is 146 Å². The first-order valence-corrected chi connectivity index (χ1v) is 11.6. The third-order valence-corrected chi connectivity index (χ3v) is 13.0. The summed E-state index contributed by atoms with van der Waals surface area (Å²) in [5.41, 5.74) is 0. The molecular formula is C23H27P. The monoisotopic (exact) mass is 334 g/mol. The van der Waals surface area contributed by atoms with Crippen molar-refractivity contribution < 1.29 is 0 Å². The molecule has 0 amide bonds. The van der Waals surface area contributed by atoms with E-state index in [1.165, 1.54) is 28.5 Å². The van der Waals surface area contributed by atoms with E-state index in [9.17, 15) is 0 Å². The summed E-state index contributed by atoms with van der Waals surface area (Å²) in [4.78, 5) is 0. The van der Waals surface area contributed by atoms with Crippen molar-refractivity contribution in [1.29, 1.82) is 0 Å². The average Bonchev–Trinajstić information content (AvgIpc) is 2.69. The van der Waals surface area contributed by atoms with E-state index < -0.39 is 6.60 Å². The van der Waals surface area contributed by atoms with Crippen LogP contribution in [0.2, 0.25) is 0 Å². The Morgan fingerprint density at radius 2 is 0.875 bits per heavy atom. The van der Waals surface area contributed by atoms with Gasteiger partial charge in [-0.1, -0.05) is 0 Å². The predicted octanol–water partition coefficient (Wildman–Crippen LogP) is 4.95. The molecule has 3 aromatic carbocycles. The Morgan fingerprint density at radius 1 is 0.542 bits per heavy atom. The summed E-state index contributed by atoms with van der Waals surface area (Å²) in [5.74, 6) is 0. The normalized spacial score (nSPS) is 13.2. The third-order valence-electron chi connectivity index (χ3n) is 5.55. The van der Waals surface area contributed by atoms with Gasteiger partial charge in [0.2, 0.25) is 0 Å². The van der Waals surface area contributed by atoms with Crippen LogP contribution >= 0.6 is 6.60 Å². The molecule has 0 bridgehead atoms. The zero-order chi connectivity index (χ0) is 16.9. The SMILES string of the molecule is CCCP(CC)(c1ccccc1)(c1ccccc1)c1ccccc1. The Labute approximate surface area is 146 Å². The molecule has 0 heterocycles. The van der Waals surface area contributed by atoms with Gasteiger partial charge in [0.05, 0.1) is 0 Å². The molecule has 24 heavy (non-hydrogen) atoms. The summed E-state index contributed by atoms with van der Waals surface area (Å²) in [5, 5.41) is 4.56. The Bertz CT molecular complexity index is 663. The van der Waals surface area contributed by atoms with Gasteiger partial charge in [-0.2, -0.15) is 0 Å². The third kappa shape index (κ3) is 2.41. The van der Waals surface area contributed by atoms with Crippen LogP contribution in [0.1, 0.15) is 20.3 Å². The summed E-state index contributed by atoms with van der Waals surface area (Å²) in [7, 11) is 0. The number of rotatable bonds is 6. The second kappa shape index (κ2) is 6.91. The van der Waals surface area contributed by atoms with Crippen LogP contribution in [-0.2, 0) is 0 Å². The molecule has 0 saturated heterocycles. The van der Waals surface area contributed by atoms with Crippen molar-refractivity contribution in [1.82, 2.24) is 0 Å². The molecule has 0 aromatic heterocycles. The van der Waals surface area contributed by atoms with Crippen LogP contribution in [0.5, 0.6) is 0 Å². The molecule has 0 spiro atoms. The fourth-order valence-corrected chi connectivity index (χ4v) is 11.1. The van der Waals surface area contributed by atoms with E-state index in [-0.39, 0.29) is 0 Å². The molecule has 0 saturated carbocycles. The van der Waals surface area contributed by atoms with Crippen LogP contribution < -0.4 is 15.9 Å². The van der Waals surface area contributed by atoms with E-state index in [0.717, 1.165) is 6.16 Å². The average molecular weight is 334 g/mol. The number of benzene rings is 3. The van der Waals surface area contributed by atoms with Gasteiger partial charge in [0.25, 0.3) is 0 Å². The molecule has 0 N–H and O–H groups in total. The number of hydrogen-bond donors (Lipinski definition) is 0. The second-order valence-electron chi connectivity index (χ2n) is 6.55. The van der Waals surface area contributed by atoms with Crippen LogP contribution in [-0.4, -0.2) is 12.3 Å². The van der Waals surface area contributed by atoms with Crippen molar-refractivity contribution in [3.63, 3.8) is 0 Å². The van der Waals surface area contributed by atoms with Crippen LogP contribution in [0.15, 0.2) is 91.0 Å². The van der Waals surface area contributed by atoms with Gasteiger partial charge in [-0.25, -0.2) is 0 Å². The zero-order valence-electron chi connectivity index (χ0n) is 14.7. The molecule has 0 unspecified atom stereocenters. The van der Waals surface area contributed by atoms with E-state index in [0.29, 0.717) is 0 Å². The van der Waals surface area contributed by atoms with Crippen LogP contribution in [0, 0.1) is 0 Å². The fraction of sp³-hybridized carbons (Fsp3) is 0.217. The van der Waals surface area contributed by atoms with E-state index in [2.05, 4.69) is 105 Å². The Morgan fingerprint density at radius 3 is 1.12 bits per heavy atom. The Kier molecular flexibility index (Phi) is 4.88. The summed E-state index contributed by atoms with van der Waals surface area (Å²) in [6.07, 6.45) is 3.57. The molecule has 0 aliphatic rings. The van der Waals surface area contributed by atoms with Crippen LogP contribution in [0.4, 0.5) is 0 Å². The zero-order valence-corrected chi connectivity index (χ0v) is 15.6. The van der Waals surface area contributed by atoms with Crippen molar-refractivity contribution in [3.05, 3.63) is 91.0 Å². The van der Waals surface area contributed by atoms with E-state index in [1.54, 1.807) is 0 Å². The van der Waals surface area contributed by atoms with Gasteiger partial charge in [0.15, 0.2) is 0 Å². The molecule has 3 aromatic rings. The molecule has 0 fully saturated rings. The van der Waals surface area contributed by atoms with Gasteiger partial charge in [0.1, 0.15) is 0 Å². The summed E-state index contributed by atoms with van der Waals surface area (Å²) < 4.78 is 0. The van der Waals surface area contributed by atoms with Crippen molar-refractivity contribution in [2.24, 2.45) is 0 Å². The van der Waals surface area contributed by atoms with Crippen molar-refractivity contribution in [2.75, 3.05) is 12.3 Å². The quantitative estimate of drug-likeness (QED) is 0.560. The molecule has 3 rings (SSSR count). The fourth-order valence-electron chi connectivity index (χ4n) is 4.40. The summed E-state index contributed by atoms with van der Waals surface area (Å²) in [6.45, 7) is 2.26. The van der Waals surface area contributed by atoms with Gasteiger partial charge in [-0.3, -0.25) is 0 Å². The molecule has 124 valence electrons. The Balaban J connectivity index is 2.47. The van der Waals surface area contributed by atoms with Gasteiger partial charge in [-0.15, -0.1) is 0 Å². The van der Waals surface area contributed by atoms with Crippen molar-refractivity contribution in [2.45, 2.75) is 20.3 Å². The predicted molar refractivity (Wildman–Crippen MR) is 111 cm³/mol. The maximum atomic E-state index is 2.39. The topological polar surface area (TPSA) is 0 Å². The molecular weight excluding hydrogens is 307 g/mol.